The van der Waals surface area contributed by atoms with Crippen molar-refractivity contribution in [3.8, 4) is 0 Å². The second-order valence-corrected chi connectivity index (χ2v) is 6.19. The van der Waals surface area contributed by atoms with Crippen molar-refractivity contribution >= 4 is 22.8 Å². The highest BCUT2D eigenvalue weighted by Gasteiger charge is 2.22. The van der Waals surface area contributed by atoms with Crippen molar-refractivity contribution in [1.82, 2.24) is 0 Å². The van der Waals surface area contributed by atoms with Crippen LogP contribution in [-0.2, 0) is 0 Å². The maximum absolute atomic E-state index is 11.1. The predicted octanol–water partition coefficient (Wildman–Crippen LogP) is 5.27. The Hall–Kier alpha value is -3.47. The molecule has 1 unspecified atom stereocenters. The quantitative estimate of drug-likeness (QED) is 0.520. The highest BCUT2D eigenvalue weighted by atomic mass is 16.6. The fourth-order valence-corrected chi connectivity index (χ4v) is 3.19. The third-order valence-corrected chi connectivity index (χ3v) is 4.48. The summed E-state index contributed by atoms with van der Waals surface area (Å²) in [6.07, 6.45) is 0.639. The molecule has 26 heavy (non-hydrogen) atoms. The number of aliphatic imine (C=N–C) groups is 1. The van der Waals surface area contributed by atoms with E-state index in [1.54, 1.807) is 12.1 Å². The zero-order valence-corrected chi connectivity index (χ0v) is 14.0. The first-order chi connectivity index (χ1) is 12.7. The molecule has 0 aromatic heterocycles. The van der Waals surface area contributed by atoms with Gasteiger partial charge in [0.1, 0.15) is 0 Å². The molecule has 3 aromatic carbocycles. The minimum atomic E-state index is -0.361. The van der Waals surface area contributed by atoms with Crippen LogP contribution in [0.1, 0.15) is 23.6 Å². The van der Waals surface area contributed by atoms with Crippen molar-refractivity contribution in [2.45, 2.75) is 12.5 Å². The number of nitrogens with zero attached hydrogens (tertiary/aromatic N) is 2. The van der Waals surface area contributed by atoms with E-state index in [2.05, 4.69) is 5.32 Å². The number of nitrogens with one attached hydrogen (secondary N) is 1. The van der Waals surface area contributed by atoms with E-state index in [4.69, 9.17) is 4.99 Å². The minimum Gasteiger partial charge on any atom is -0.376 e. The third-order valence-electron chi connectivity index (χ3n) is 4.48. The maximum atomic E-state index is 11.1. The van der Waals surface area contributed by atoms with Gasteiger partial charge in [-0.15, -0.1) is 0 Å². The lowest BCUT2D eigenvalue weighted by Gasteiger charge is -2.19. The molecule has 1 heterocycles. The molecular formula is C21H17N3O2. The summed E-state index contributed by atoms with van der Waals surface area (Å²) in [4.78, 5) is 15.7. The first-order valence-electron chi connectivity index (χ1n) is 8.43. The molecule has 1 aliphatic heterocycles. The number of benzene rings is 3. The van der Waals surface area contributed by atoms with Gasteiger partial charge >= 0.3 is 0 Å². The van der Waals surface area contributed by atoms with Gasteiger partial charge in [-0.25, -0.2) is 0 Å². The van der Waals surface area contributed by atoms with Crippen molar-refractivity contribution < 1.29 is 4.92 Å². The molecule has 1 N–H and O–H groups in total. The normalized spacial score (nSPS) is 16.0. The van der Waals surface area contributed by atoms with Crippen LogP contribution in [0.4, 0.5) is 17.1 Å². The molecule has 5 heteroatoms. The van der Waals surface area contributed by atoms with E-state index in [0.29, 0.717) is 6.42 Å². The van der Waals surface area contributed by atoms with E-state index in [0.717, 1.165) is 28.2 Å². The molecule has 0 saturated carbocycles. The van der Waals surface area contributed by atoms with Gasteiger partial charge in [0, 0.05) is 18.6 Å². The first kappa shape index (κ1) is 16.0. The van der Waals surface area contributed by atoms with Gasteiger partial charge in [0.25, 0.3) is 5.69 Å². The van der Waals surface area contributed by atoms with E-state index in [1.165, 1.54) is 6.07 Å². The zero-order chi connectivity index (χ0) is 17.9. The highest BCUT2D eigenvalue weighted by molar-refractivity contribution is 6.04. The molecule has 5 nitrogen and oxygen atoms in total. The van der Waals surface area contributed by atoms with Gasteiger partial charge in [-0.05, 0) is 23.3 Å². The fraction of sp³-hybridized carbons (Fsp3) is 0.0952. The number of para-hydroxylation sites is 2. The van der Waals surface area contributed by atoms with E-state index in [9.17, 15) is 10.1 Å². The Labute approximate surface area is 151 Å². The predicted molar refractivity (Wildman–Crippen MR) is 103 cm³/mol. The van der Waals surface area contributed by atoms with Crippen LogP contribution in [0.15, 0.2) is 83.9 Å². The molecule has 0 fully saturated rings. The first-order valence-corrected chi connectivity index (χ1v) is 8.43. The summed E-state index contributed by atoms with van der Waals surface area (Å²) in [5, 5.41) is 14.7. The van der Waals surface area contributed by atoms with Crippen molar-refractivity contribution in [2.24, 2.45) is 4.99 Å². The van der Waals surface area contributed by atoms with Gasteiger partial charge in [0.15, 0.2) is 0 Å². The Kier molecular flexibility index (Phi) is 4.19. The molecule has 0 aliphatic carbocycles. The lowest BCUT2D eigenvalue weighted by atomic mass is 9.97. The number of fused-ring (bicyclic) bond motifs is 1. The van der Waals surface area contributed by atoms with Crippen LogP contribution >= 0.6 is 0 Å². The summed E-state index contributed by atoms with van der Waals surface area (Å²) >= 11 is 0. The number of anilines is 1. The Bertz CT molecular complexity index is 983. The van der Waals surface area contributed by atoms with E-state index >= 15 is 0 Å². The SMILES string of the molecule is O=[N+]([O-])c1cccc(C2CC(c3ccccc3)=Nc3ccccc3N2)c1. The van der Waals surface area contributed by atoms with Crippen LogP contribution in [0.5, 0.6) is 0 Å². The summed E-state index contributed by atoms with van der Waals surface area (Å²) in [7, 11) is 0. The van der Waals surface area contributed by atoms with Crippen LogP contribution in [0, 0.1) is 10.1 Å². The molecule has 0 spiro atoms. The number of hydrogen-bond acceptors (Lipinski definition) is 4. The lowest BCUT2D eigenvalue weighted by molar-refractivity contribution is -0.384. The average Bonchev–Trinajstić information content (AvgIpc) is 2.88. The molecule has 128 valence electrons. The smallest absolute Gasteiger partial charge is 0.269 e. The molecule has 3 aromatic rings. The second kappa shape index (κ2) is 6.80. The van der Waals surface area contributed by atoms with Gasteiger partial charge in [0.2, 0.25) is 0 Å². The van der Waals surface area contributed by atoms with Crippen LogP contribution in [0.3, 0.4) is 0 Å². The minimum absolute atomic E-state index is 0.0973. The van der Waals surface area contributed by atoms with Gasteiger partial charge in [-0.3, -0.25) is 15.1 Å². The van der Waals surface area contributed by atoms with Crippen LogP contribution < -0.4 is 5.32 Å². The van der Waals surface area contributed by atoms with Crippen LogP contribution in [-0.4, -0.2) is 10.6 Å². The third kappa shape index (κ3) is 3.19. The largest absolute Gasteiger partial charge is 0.376 e. The molecule has 0 radical (unpaired) electrons. The van der Waals surface area contributed by atoms with Gasteiger partial charge < -0.3 is 5.32 Å². The average molecular weight is 343 g/mol. The van der Waals surface area contributed by atoms with Crippen molar-refractivity contribution in [3.63, 3.8) is 0 Å². The van der Waals surface area contributed by atoms with Crippen molar-refractivity contribution in [1.29, 1.82) is 0 Å². The Morgan fingerprint density at radius 1 is 0.962 bits per heavy atom. The van der Waals surface area contributed by atoms with Crippen molar-refractivity contribution in [3.05, 3.63) is 100 Å². The number of nitro groups is 1. The molecule has 4 rings (SSSR count). The highest BCUT2D eigenvalue weighted by Crippen LogP contribution is 2.35. The van der Waals surface area contributed by atoms with Crippen LogP contribution in [0.25, 0.3) is 0 Å². The van der Waals surface area contributed by atoms with E-state index in [1.807, 2.05) is 60.7 Å². The molecule has 0 amide bonds. The summed E-state index contributed by atoms with van der Waals surface area (Å²) in [5.41, 5.74) is 4.79. The summed E-state index contributed by atoms with van der Waals surface area (Å²) in [6.45, 7) is 0. The Morgan fingerprint density at radius 2 is 1.73 bits per heavy atom. The van der Waals surface area contributed by atoms with Crippen molar-refractivity contribution in [2.75, 3.05) is 5.32 Å². The number of nitro benzene ring substituents is 1. The molecule has 0 saturated heterocycles. The number of rotatable bonds is 3. The van der Waals surface area contributed by atoms with E-state index in [-0.39, 0.29) is 16.7 Å². The summed E-state index contributed by atoms with van der Waals surface area (Å²) in [5.74, 6) is 0. The van der Waals surface area contributed by atoms with Crippen LogP contribution in [0.2, 0.25) is 0 Å². The number of hydrogen-bond donors (Lipinski definition) is 1. The summed E-state index contributed by atoms with van der Waals surface area (Å²) in [6, 6.07) is 24.6. The van der Waals surface area contributed by atoms with Gasteiger partial charge in [0.05, 0.1) is 28.1 Å². The molecule has 0 bridgehead atoms. The standard InChI is InChI=1S/C21H17N3O2/c25-24(26)17-10-6-9-16(13-17)21-14-20(15-7-2-1-3-8-15)22-18-11-4-5-12-19(18)23-21/h1-13,21,23H,14H2. The number of non-ortho nitro benzene ring substituents is 1. The zero-order valence-electron chi connectivity index (χ0n) is 14.0. The fourth-order valence-electron chi connectivity index (χ4n) is 3.19. The van der Waals surface area contributed by atoms with Gasteiger partial charge in [-0.1, -0.05) is 54.6 Å². The second-order valence-electron chi connectivity index (χ2n) is 6.19. The topological polar surface area (TPSA) is 67.5 Å². The maximum Gasteiger partial charge on any atom is 0.269 e. The molecule has 1 aliphatic rings. The Morgan fingerprint density at radius 3 is 2.54 bits per heavy atom. The Balaban J connectivity index is 1.79. The van der Waals surface area contributed by atoms with E-state index < -0.39 is 0 Å². The summed E-state index contributed by atoms with van der Waals surface area (Å²) < 4.78 is 0. The lowest BCUT2D eigenvalue weighted by Crippen LogP contribution is -2.14. The molecular weight excluding hydrogens is 326 g/mol. The van der Waals surface area contributed by atoms with Gasteiger partial charge in [-0.2, -0.15) is 0 Å². The monoisotopic (exact) mass is 343 g/mol. The molecule has 1 atom stereocenters.